The van der Waals surface area contributed by atoms with Gasteiger partial charge in [-0.05, 0) is 33.8 Å². The molecule has 0 saturated heterocycles. The summed E-state index contributed by atoms with van der Waals surface area (Å²) in [5.41, 5.74) is -1.10. The quantitative estimate of drug-likeness (QED) is 0.600. The van der Waals surface area contributed by atoms with Crippen LogP contribution in [0.4, 0.5) is 10.5 Å². The van der Waals surface area contributed by atoms with E-state index < -0.39 is 34.7 Å². The Morgan fingerprint density at radius 1 is 1.29 bits per heavy atom. The fourth-order valence-electron chi connectivity index (χ4n) is 1.79. The molecule has 0 aromatic heterocycles. The molecule has 0 aliphatic rings. The van der Waals surface area contributed by atoms with Crippen LogP contribution < -0.4 is 10.1 Å². The van der Waals surface area contributed by atoms with Gasteiger partial charge in [-0.3, -0.25) is 10.1 Å². The molecule has 1 aromatic carbocycles. The van der Waals surface area contributed by atoms with Crippen molar-refractivity contribution in [3.05, 3.63) is 34.4 Å². The number of alkyl carbamates (subject to hydrolysis) is 1. The average Bonchev–Trinajstić information content (AvgIpc) is 2.42. The van der Waals surface area contributed by atoms with Crippen molar-refractivity contribution in [2.75, 3.05) is 0 Å². The zero-order valence-corrected chi connectivity index (χ0v) is 13.8. The van der Waals surface area contributed by atoms with Gasteiger partial charge in [-0.25, -0.2) is 9.59 Å². The fraction of sp³-hybridized carbons (Fsp3) is 0.467. The highest BCUT2D eigenvalue weighted by Gasteiger charge is 2.31. The predicted octanol–water partition coefficient (Wildman–Crippen LogP) is 2.34. The number of nitrogens with one attached hydrogen (secondary N) is 1. The molecule has 0 spiro atoms. The summed E-state index contributed by atoms with van der Waals surface area (Å²) in [6, 6.07) is 4.12. The van der Waals surface area contributed by atoms with Crippen LogP contribution in [0.3, 0.4) is 0 Å². The first-order chi connectivity index (χ1) is 11.0. The number of benzene rings is 1. The Labute approximate surface area is 138 Å². The minimum absolute atomic E-state index is 0.0905. The van der Waals surface area contributed by atoms with E-state index in [1.54, 1.807) is 20.8 Å². The molecule has 0 unspecified atom stereocenters. The van der Waals surface area contributed by atoms with Gasteiger partial charge in [0, 0.05) is 6.07 Å². The average molecular weight is 340 g/mol. The molecule has 1 amide bonds. The van der Waals surface area contributed by atoms with Crippen LogP contribution in [0.15, 0.2) is 24.3 Å². The molecule has 132 valence electrons. The summed E-state index contributed by atoms with van der Waals surface area (Å²) >= 11 is 0. The van der Waals surface area contributed by atoms with Crippen LogP contribution in [0, 0.1) is 10.1 Å². The van der Waals surface area contributed by atoms with E-state index >= 15 is 0 Å². The standard InChI is InChI=1S/C15H20N2O7/c1-9(23-11-8-6-5-7-10(11)17(21)22)12(13(18)19)16-14(20)24-15(2,3)4/h5-9,12H,1-4H3,(H,16,20)(H,18,19)/t9-,12+/m1/s1. The summed E-state index contributed by atoms with van der Waals surface area (Å²) in [4.78, 5) is 33.4. The number of hydrogen-bond acceptors (Lipinski definition) is 6. The lowest BCUT2D eigenvalue weighted by molar-refractivity contribution is -0.386. The lowest BCUT2D eigenvalue weighted by Gasteiger charge is -2.25. The molecule has 0 bridgehead atoms. The van der Waals surface area contributed by atoms with Gasteiger partial charge in [0.15, 0.2) is 11.8 Å². The third kappa shape index (κ3) is 5.75. The van der Waals surface area contributed by atoms with Gasteiger partial charge >= 0.3 is 17.7 Å². The van der Waals surface area contributed by atoms with Crippen LogP contribution in [-0.2, 0) is 9.53 Å². The number of carbonyl (C=O) groups excluding carboxylic acids is 1. The minimum Gasteiger partial charge on any atom is -0.481 e. The maximum absolute atomic E-state index is 11.7. The van der Waals surface area contributed by atoms with Gasteiger partial charge in [0.1, 0.15) is 11.7 Å². The Kier molecular flexibility index (Phi) is 6.10. The van der Waals surface area contributed by atoms with Crippen LogP contribution in [-0.4, -0.2) is 39.8 Å². The second-order valence-corrected chi connectivity index (χ2v) is 6.01. The summed E-state index contributed by atoms with van der Waals surface area (Å²) in [5, 5.41) is 22.4. The zero-order valence-electron chi connectivity index (χ0n) is 13.8. The summed E-state index contributed by atoms with van der Waals surface area (Å²) in [7, 11) is 0. The summed E-state index contributed by atoms with van der Waals surface area (Å²) in [6.45, 7) is 6.29. The number of carboxylic acids is 1. The van der Waals surface area contributed by atoms with Crippen LogP contribution in [0.2, 0.25) is 0 Å². The van der Waals surface area contributed by atoms with Crippen molar-refractivity contribution < 1.29 is 29.1 Å². The number of rotatable bonds is 6. The van der Waals surface area contributed by atoms with E-state index in [0.717, 1.165) is 0 Å². The molecular weight excluding hydrogens is 320 g/mol. The molecule has 9 heteroatoms. The summed E-state index contributed by atoms with van der Waals surface area (Å²) in [5.74, 6) is -1.45. The first kappa shape index (κ1) is 19.2. The number of nitro benzene ring substituents is 1. The van der Waals surface area contributed by atoms with Crippen LogP contribution in [0.25, 0.3) is 0 Å². The van der Waals surface area contributed by atoms with Gasteiger partial charge in [0.25, 0.3) is 0 Å². The van der Waals surface area contributed by atoms with Crippen molar-refractivity contribution in [1.82, 2.24) is 5.32 Å². The number of aliphatic carboxylic acids is 1. The molecule has 24 heavy (non-hydrogen) atoms. The van der Waals surface area contributed by atoms with E-state index in [1.165, 1.54) is 31.2 Å². The molecule has 0 aliphatic heterocycles. The Bertz CT molecular complexity index is 624. The van der Waals surface area contributed by atoms with E-state index in [-0.39, 0.29) is 11.4 Å². The Morgan fingerprint density at radius 2 is 1.88 bits per heavy atom. The smallest absolute Gasteiger partial charge is 0.408 e. The third-order valence-corrected chi connectivity index (χ3v) is 2.78. The number of nitrogens with zero attached hydrogens (tertiary/aromatic N) is 1. The van der Waals surface area contributed by atoms with Crippen molar-refractivity contribution in [3.8, 4) is 5.75 Å². The number of ether oxygens (including phenoxy) is 2. The van der Waals surface area contributed by atoms with Crippen molar-refractivity contribution in [1.29, 1.82) is 0 Å². The monoisotopic (exact) mass is 340 g/mol. The maximum atomic E-state index is 11.7. The molecule has 0 saturated carbocycles. The molecule has 2 atom stereocenters. The number of hydrogen-bond donors (Lipinski definition) is 2. The van der Waals surface area contributed by atoms with Crippen molar-refractivity contribution in [2.24, 2.45) is 0 Å². The predicted molar refractivity (Wildman–Crippen MR) is 84.0 cm³/mol. The second kappa shape index (κ2) is 7.62. The Balaban J connectivity index is 2.88. The lowest BCUT2D eigenvalue weighted by Crippen LogP contribution is -2.51. The molecule has 0 radical (unpaired) electrons. The number of para-hydroxylation sites is 2. The van der Waals surface area contributed by atoms with E-state index in [2.05, 4.69) is 5.32 Å². The minimum atomic E-state index is -1.44. The number of carbonyl (C=O) groups is 2. The SMILES string of the molecule is C[C@@H](Oc1ccccc1[N+](=O)[O-])[C@H](NC(=O)OC(C)(C)C)C(=O)O. The first-order valence-corrected chi connectivity index (χ1v) is 7.13. The number of amides is 1. The van der Waals surface area contributed by atoms with Crippen LogP contribution in [0.5, 0.6) is 5.75 Å². The van der Waals surface area contributed by atoms with Crippen LogP contribution in [0.1, 0.15) is 27.7 Å². The van der Waals surface area contributed by atoms with E-state index in [0.29, 0.717) is 0 Å². The van der Waals surface area contributed by atoms with Gasteiger partial charge in [-0.15, -0.1) is 0 Å². The van der Waals surface area contributed by atoms with E-state index in [1.807, 2.05) is 0 Å². The maximum Gasteiger partial charge on any atom is 0.408 e. The van der Waals surface area contributed by atoms with Gasteiger partial charge in [0.05, 0.1) is 4.92 Å². The largest absolute Gasteiger partial charge is 0.481 e. The third-order valence-electron chi connectivity index (χ3n) is 2.78. The zero-order chi connectivity index (χ0) is 18.5. The molecule has 1 rings (SSSR count). The molecule has 9 nitrogen and oxygen atoms in total. The highest BCUT2D eigenvalue weighted by molar-refractivity contribution is 5.80. The molecule has 0 heterocycles. The van der Waals surface area contributed by atoms with Gasteiger partial charge < -0.3 is 19.9 Å². The van der Waals surface area contributed by atoms with E-state index in [4.69, 9.17) is 9.47 Å². The Morgan fingerprint density at radius 3 is 2.38 bits per heavy atom. The molecular formula is C15H20N2O7. The van der Waals surface area contributed by atoms with E-state index in [9.17, 15) is 24.8 Å². The van der Waals surface area contributed by atoms with Crippen molar-refractivity contribution in [2.45, 2.75) is 45.4 Å². The van der Waals surface area contributed by atoms with Gasteiger partial charge in [0.2, 0.25) is 0 Å². The van der Waals surface area contributed by atoms with Crippen molar-refractivity contribution >= 4 is 17.7 Å². The number of carboxylic acid groups (broad SMARTS) is 1. The van der Waals surface area contributed by atoms with Crippen molar-refractivity contribution in [3.63, 3.8) is 0 Å². The topological polar surface area (TPSA) is 128 Å². The Hall–Kier alpha value is -2.84. The molecule has 0 aliphatic carbocycles. The highest BCUT2D eigenvalue weighted by Crippen LogP contribution is 2.27. The van der Waals surface area contributed by atoms with Gasteiger partial charge in [-0.1, -0.05) is 12.1 Å². The first-order valence-electron chi connectivity index (χ1n) is 7.13. The molecule has 1 aromatic rings. The molecule has 0 fully saturated rings. The highest BCUT2D eigenvalue weighted by atomic mass is 16.6. The lowest BCUT2D eigenvalue weighted by atomic mass is 10.1. The van der Waals surface area contributed by atoms with Crippen LogP contribution >= 0.6 is 0 Å². The second-order valence-electron chi connectivity index (χ2n) is 6.01. The summed E-state index contributed by atoms with van der Waals surface area (Å²) < 4.78 is 10.4. The van der Waals surface area contributed by atoms with Gasteiger partial charge in [-0.2, -0.15) is 0 Å². The summed E-state index contributed by atoms with van der Waals surface area (Å²) in [6.07, 6.45) is -2.00. The fourth-order valence-corrected chi connectivity index (χ4v) is 1.79. The normalized spacial score (nSPS) is 13.5. The molecule has 2 N–H and O–H groups in total. The number of nitro groups is 1.